The number of rotatable bonds is 3. The van der Waals surface area contributed by atoms with Crippen LogP contribution in [0.2, 0.25) is 5.02 Å². The molecule has 2 N–H and O–H groups in total. The molecule has 0 spiro atoms. The molecule has 2 rings (SSSR count). The fourth-order valence-electron chi connectivity index (χ4n) is 1.78. The van der Waals surface area contributed by atoms with Gasteiger partial charge in [0.2, 0.25) is 0 Å². The van der Waals surface area contributed by atoms with Crippen molar-refractivity contribution in [2.45, 2.75) is 12.5 Å². The predicted octanol–water partition coefficient (Wildman–Crippen LogP) is 3.86. The van der Waals surface area contributed by atoms with Crippen molar-refractivity contribution in [2.75, 3.05) is 0 Å². The summed E-state index contributed by atoms with van der Waals surface area (Å²) in [5, 5.41) is 0.354. The predicted molar refractivity (Wildman–Crippen MR) is 68.4 cm³/mol. The van der Waals surface area contributed by atoms with Crippen LogP contribution in [0.5, 0.6) is 0 Å². The molecule has 0 saturated heterocycles. The van der Waals surface area contributed by atoms with Gasteiger partial charge in [0.1, 0.15) is 11.6 Å². The van der Waals surface area contributed by atoms with E-state index in [-0.39, 0.29) is 18.1 Å². The zero-order chi connectivity index (χ0) is 13.1. The number of halogens is 3. The van der Waals surface area contributed by atoms with E-state index in [1.807, 2.05) is 0 Å². The van der Waals surface area contributed by atoms with Crippen LogP contribution in [0.3, 0.4) is 0 Å². The second-order valence-corrected chi connectivity index (χ2v) is 4.47. The number of hydrogen-bond acceptors (Lipinski definition) is 1. The molecular weight excluding hydrogens is 256 g/mol. The molecule has 0 aliphatic heterocycles. The Hall–Kier alpha value is -1.45. The fraction of sp³-hybridized carbons (Fsp3) is 0.143. The van der Waals surface area contributed by atoms with Gasteiger partial charge >= 0.3 is 0 Å². The van der Waals surface area contributed by atoms with Gasteiger partial charge in [-0.3, -0.25) is 0 Å². The Bertz CT molecular complexity index is 520. The molecule has 0 aliphatic rings. The van der Waals surface area contributed by atoms with Crippen LogP contribution in [-0.2, 0) is 6.42 Å². The standard InChI is InChI=1S/C14H12ClF2N/c15-12-2-1-3-13(17)11(12)8-14(18)9-4-6-10(16)7-5-9/h1-7,14H,8,18H2. The molecule has 0 amide bonds. The molecule has 2 aromatic carbocycles. The first-order valence-electron chi connectivity index (χ1n) is 5.52. The van der Waals surface area contributed by atoms with Crippen molar-refractivity contribution >= 4 is 11.6 Å². The third kappa shape index (κ3) is 2.86. The Balaban J connectivity index is 2.21. The Labute approximate surface area is 109 Å². The van der Waals surface area contributed by atoms with Crippen molar-refractivity contribution < 1.29 is 8.78 Å². The van der Waals surface area contributed by atoms with Crippen LogP contribution >= 0.6 is 11.6 Å². The molecule has 0 aliphatic carbocycles. The average molecular weight is 268 g/mol. The van der Waals surface area contributed by atoms with Crippen LogP contribution in [0.4, 0.5) is 8.78 Å². The summed E-state index contributed by atoms with van der Waals surface area (Å²) >= 11 is 5.93. The van der Waals surface area contributed by atoms with E-state index < -0.39 is 6.04 Å². The van der Waals surface area contributed by atoms with Crippen molar-refractivity contribution in [1.82, 2.24) is 0 Å². The van der Waals surface area contributed by atoms with Crippen molar-refractivity contribution in [3.63, 3.8) is 0 Å². The van der Waals surface area contributed by atoms with Crippen molar-refractivity contribution in [1.29, 1.82) is 0 Å². The number of hydrogen-bond donors (Lipinski definition) is 1. The van der Waals surface area contributed by atoms with E-state index in [0.717, 1.165) is 5.56 Å². The molecule has 2 aromatic rings. The molecule has 1 unspecified atom stereocenters. The first kappa shape index (κ1) is 13.0. The molecule has 18 heavy (non-hydrogen) atoms. The maximum absolute atomic E-state index is 13.6. The molecule has 1 nitrogen and oxygen atoms in total. The first-order valence-corrected chi connectivity index (χ1v) is 5.89. The Morgan fingerprint density at radius 3 is 2.33 bits per heavy atom. The summed E-state index contributed by atoms with van der Waals surface area (Å²) in [4.78, 5) is 0. The summed E-state index contributed by atoms with van der Waals surface area (Å²) in [5.41, 5.74) is 7.10. The van der Waals surface area contributed by atoms with Gasteiger partial charge in [-0.1, -0.05) is 29.8 Å². The van der Waals surface area contributed by atoms with E-state index in [4.69, 9.17) is 17.3 Å². The normalized spacial score (nSPS) is 12.4. The number of nitrogens with two attached hydrogens (primary N) is 1. The molecule has 0 heterocycles. The molecule has 0 bridgehead atoms. The Morgan fingerprint density at radius 1 is 1.06 bits per heavy atom. The van der Waals surface area contributed by atoms with Gasteiger partial charge in [0.25, 0.3) is 0 Å². The van der Waals surface area contributed by atoms with E-state index in [0.29, 0.717) is 10.6 Å². The lowest BCUT2D eigenvalue weighted by Gasteiger charge is -2.13. The van der Waals surface area contributed by atoms with Crippen LogP contribution in [0.15, 0.2) is 42.5 Å². The van der Waals surface area contributed by atoms with E-state index in [1.54, 1.807) is 24.3 Å². The highest BCUT2D eigenvalue weighted by Gasteiger charge is 2.13. The summed E-state index contributed by atoms with van der Waals surface area (Å²) in [6, 6.07) is 9.94. The largest absolute Gasteiger partial charge is 0.324 e. The smallest absolute Gasteiger partial charge is 0.127 e. The molecule has 0 aromatic heterocycles. The van der Waals surface area contributed by atoms with E-state index in [2.05, 4.69) is 0 Å². The zero-order valence-corrected chi connectivity index (χ0v) is 10.3. The highest BCUT2D eigenvalue weighted by atomic mass is 35.5. The molecule has 94 valence electrons. The van der Waals surface area contributed by atoms with Gasteiger partial charge in [-0.15, -0.1) is 0 Å². The van der Waals surface area contributed by atoms with E-state index >= 15 is 0 Å². The SMILES string of the molecule is NC(Cc1c(F)cccc1Cl)c1ccc(F)cc1. The molecule has 4 heteroatoms. The lowest BCUT2D eigenvalue weighted by atomic mass is 9.99. The molecule has 0 radical (unpaired) electrons. The van der Waals surface area contributed by atoms with Gasteiger partial charge < -0.3 is 5.73 Å². The molecule has 1 atom stereocenters. The third-order valence-electron chi connectivity index (χ3n) is 2.78. The molecular formula is C14H12ClF2N. The highest BCUT2D eigenvalue weighted by molar-refractivity contribution is 6.31. The second kappa shape index (κ2) is 5.46. The zero-order valence-electron chi connectivity index (χ0n) is 9.54. The molecule has 0 saturated carbocycles. The van der Waals surface area contributed by atoms with Crippen molar-refractivity contribution in [3.8, 4) is 0 Å². The average Bonchev–Trinajstić information content (AvgIpc) is 2.34. The third-order valence-corrected chi connectivity index (χ3v) is 3.14. The molecule has 0 fully saturated rings. The monoisotopic (exact) mass is 267 g/mol. The summed E-state index contributed by atoms with van der Waals surface area (Å²) in [5.74, 6) is -0.699. The Morgan fingerprint density at radius 2 is 1.72 bits per heavy atom. The maximum Gasteiger partial charge on any atom is 0.127 e. The van der Waals surface area contributed by atoms with Crippen LogP contribution in [0.1, 0.15) is 17.2 Å². The minimum Gasteiger partial charge on any atom is -0.324 e. The lowest BCUT2D eigenvalue weighted by Crippen LogP contribution is -2.14. The van der Waals surface area contributed by atoms with Gasteiger partial charge in [0.15, 0.2) is 0 Å². The second-order valence-electron chi connectivity index (χ2n) is 4.06. The van der Waals surface area contributed by atoms with Crippen molar-refractivity contribution in [2.24, 2.45) is 5.73 Å². The summed E-state index contributed by atoms with van der Waals surface area (Å²) in [7, 11) is 0. The quantitative estimate of drug-likeness (QED) is 0.898. The van der Waals surface area contributed by atoms with Gasteiger partial charge in [0, 0.05) is 16.6 Å². The van der Waals surface area contributed by atoms with Gasteiger partial charge in [-0.05, 0) is 36.2 Å². The van der Waals surface area contributed by atoms with Crippen LogP contribution < -0.4 is 5.73 Å². The van der Waals surface area contributed by atoms with Gasteiger partial charge in [-0.25, -0.2) is 8.78 Å². The minimum atomic E-state index is -0.417. The van der Waals surface area contributed by atoms with Gasteiger partial charge in [0.05, 0.1) is 0 Å². The van der Waals surface area contributed by atoms with Crippen LogP contribution in [0, 0.1) is 11.6 Å². The summed E-state index contributed by atoms with van der Waals surface area (Å²) in [6.45, 7) is 0. The number of benzene rings is 2. The van der Waals surface area contributed by atoms with Crippen LogP contribution in [0.25, 0.3) is 0 Å². The van der Waals surface area contributed by atoms with Gasteiger partial charge in [-0.2, -0.15) is 0 Å². The summed E-state index contributed by atoms with van der Waals surface area (Å²) in [6.07, 6.45) is 0.275. The van der Waals surface area contributed by atoms with E-state index in [9.17, 15) is 8.78 Å². The Kier molecular flexibility index (Phi) is 3.94. The first-order chi connectivity index (χ1) is 8.58. The van der Waals surface area contributed by atoms with E-state index in [1.165, 1.54) is 18.2 Å². The summed E-state index contributed by atoms with van der Waals surface area (Å²) < 4.78 is 26.4. The lowest BCUT2D eigenvalue weighted by molar-refractivity contribution is 0.592. The van der Waals surface area contributed by atoms with Crippen LogP contribution in [-0.4, -0.2) is 0 Å². The fourth-order valence-corrected chi connectivity index (χ4v) is 2.02. The highest BCUT2D eigenvalue weighted by Crippen LogP contribution is 2.24. The maximum atomic E-state index is 13.6. The topological polar surface area (TPSA) is 26.0 Å². The minimum absolute atomic E-state index is 0.275. The van der Waals surface area contributed by atoms with Crippen molar-refractivity contribution in [3.05, 3.63) is 70.2 Å².